The molecule has 2 aliphatic rings. The molecule has 0 unspecified atom stereocenters. The van der Waals surface area contributed by atoms with Crippen molar-refractivity contribution in [1.82, 2.24) is 21.1 Å². The highest BCUT2D eigenvalue weighted by Gasteiger charge is 2.34. The van der Waals surface area contributed by atoms with Gasteiger partial charge in [0.1, 0.15) is 0 Å². The molecule has 1 aliphatic heterocycles. The van der Waals surface area contributed by atoms with E-state index in [1.807, 2.05) is 0 Å². The fourth-order valence-electron chi connectivity index (χ4n) is 2.57. The smallest absolute Gasteiger partial charge is 0.333 e. The Bertz CT molecular complexity index is 551. The largest absolute Gasteiger partial charge is 0.416 e. The number of rotatable bonds is 4. The van der Waals surface area contributed by atoms with Crippen LogP contribution >= 0.6 is 0 Å². The van der Waals surface area contributed by atoms with Gasteiger partial charge < -0.3 is 10.2 Å². The maximum atomic E-state index is 12.6. The maximum absolute atomic E-state index is 12.6. The summed E-state index contributed by atoms with van der Waals surface area (Å²) >= 11 is 0. The Morgan fingerprint density at radius 2 is 1.78 bits per heavy atom. The third-order valence-corrected chi connectivity index (χ3v) is 4.03. The SMILES string of the molecule is O=C(NC1CNNC1)N(Cc1ccc(C(F)(F)F)cc1)C1CC1. The summed E-state index contributed by atoms with van der Waals surface area (Å²) in [6.07, 6.45) is -2.46. The Labute approximate surface area is 132 Å². The van der Waals surface area contributed by atoms with Crippen molar-refractivity contribution in [3.05, 3.63) is 35.4 Å². The first-order valence-corrected chi connectivity index (χ1v) is 7.62. The molecule has 23 heavy (non-hydrogen) atoms. The van der Waals surface area contributed by atoms with Gasteiger partial charge >= 0.3 is 12.2 Å². The summed E-state index contributed by atoms with van der Waals surface area (Å²) in [6, 6.07) is 5.03. The number of hydrogen-bond acceptors (Lipinski definition) is 3. The van der Waals surface area contributed by atoms with Gasteiger partial charge in [-0.25, -0.2) is 4.79 Å². The number of amides is 2. The lowest BCUT2D eigenvalue weighted by molar-refractivity contribution is -0.137. The molecule has 1 aliphatic carbocycles. The van der Waals surface area contributed by atoms with E-state index in [1.54, 1.807) is 4.90 Å². The van der Waals surface area contributed by atoms with Gasteiger partial charge in [0.15, 0.2) is 0 Å². The van der Waals surface area contributed by atoms with E-state index in [2.05, 4.69) is 16.2 Å². The second-order valence-electron chi connectivity index (χ2n) is 5.96. The number of benzene rings is 1. The molecule has 2 fully saturated rings. The molecule has 5 nitrogen and oxygen atoms in total. The third-order valence-electron chi connectivity index (χ3n) is 4.03. The number of carbonyl (C=O) groups is 1. The van der Waals surface area contributed by atoms with E-state index in [0.717, 1.165) is 25.0 Å². The molecular formula is C15H19F3N4O. The maximum Gasteiger partial charge on any atom is 0.416 e. The standard InChI is InChI=1S/C15H19F3N4O/c16-15(17,18)11-3-1-10(2-4-11)9-22(13-5-6-13)14(23)21-12-7-19-20-8-12/h1-4,12-13,19-20H,5-9H2,(H,21,23). The van der Waals surface area contributed by atoms with E-state index in [-0.39, 0.29) is 18.1 Å². The van der Waals surface area contributed by atoms with Crippen molar-refractivity contribution in [2.45, 2.75) is 37.6 Å². The van der Waals surface area contributed by atoms with Crippen molar-refractivity contribution in [2.24, 2.45) is 0 Å². The molecule has 0 spiro atoms. The van der Waals surface area contributed by atoms with E-state index in [9.17, 15) is 18.0 Å². The van der Waals surface area contributed by atoms with Gasteiger partial charge in [0.2, 0.25) is 0 Å². The molecule has 1 aromatic rings. The summed E-state index contributed by atoms with van der Waals surface area (Å²) in [5.74, 6) is 0. The number of hydrazine groups is 1. The molecule has 8 heteroatoms. The number of urea groups is 1. The molecular weight excluding hydrogens is 309 g/mol. The van der Waals surface area contributed by atoms with E-state index in [1.165, 1.54) is 12.1 Å². The van der Waals surface area contributed by atoms with Crippen molar-refractivity contribution in [2.75, 3.05) is 13.1 Å². The molecule has 3 rings (SSSR count). The fourth-order valence-corrected chi connectivity index (χ4v) is 2.57. The summed E-state index contributed by atoms with van der Waals surface area (Å²) in [5, 5.41) is 2.94. The number of nitrogens with one attached hydrogen (secondary N) is 3. The van der Waals surface area contributed by atoms with Crippen molar-refractivity contribution >= 4 is 6.03 Å². The quantitative estimate of drug-likeness (QED) is 0.791. The van der Waals surface area contributed by atoms with Crippen LogP contribution in [0.5, 0.6) is 0 Å². The normalized spacial score (nSPS) is 18.9. The Hall–Kier alpha value is -1.80. The predicted molar refractivity (Wildman–Crippen MR) is 78.3 cm³/mol. The van der Waals surface area contributed by atoms with Crippen LogP contribution in [0.25, 0.3) is 0 Å². The summed E-state index contributed by atoms with van der Waals surface area (Å²) in [7, 11) is 0. The number of carbonyl (C=O) groups excluding carboxylic acids is 1. The zero-order chi connectivity index (χ0) is 16.4. The Balaban J connectivity index is 1.64. The first-order chi connectivity index (χ1) is 10.9. The van der Waals surface area contributed by atoms with Crippen LogP contribution in [0.15, 0.2) is 24.3 Å². The van der Waals surface area contributed by atoms with Crippen LogP contribution in [0.3, 0.4) is 0 Å². The first kappa shape index (κ1) is 16.1. The van der Waals surface area contributed by atoms with Gasteiger partial charge in [-0.2, -0.15) is 13.2 Å². The number of halogens is 3. The molecule has 2 amide bonds. The highest BCUT2D eigenvalue weighted by molar-refractivity contribution is 5.75. The van der Waals surface area contributed by atoms with E-state index >= 15 is 0 Å². The molecule has 0 bridgehead atoms. The summed E-state index contributed by atoms with van der Waals surface area (Å²) < 4.78 is 37.8. The zero-order valence-electron chi connectivity index (χ0n) is 12.5. The van der Waals surface area contributed by atoms with Crippen molar-refractivity contribution < 1.29 is 18.0 Å². The van der Waals surface area contributed by atoms with Crippen molar-refractivity contribution in [3.8, 4) is 0 Å². The minimum Gasteiger partial charge on any atom is -0.333 e. The van der Waals surface area contributed by atoms with Gasteiger partial charge in [-0.15, -0.1) is 0 Å². The second-order valence-corrected chi connectivity index (χ2v) is 5.96. The van der Waals surface area contributed by atoms with Crippen LogP contribution in [0.1, 0.15) is 24.0 Å². The molecule has 0 radical (unpaired) electrons. The van der Waals surface area contributed by atoms with E-state index < -0.39 is 11.7 Å². The molecule has 3 N–H and O–H groups in total. The number of alkyl halides is 3. The van der Waals surface area contributed by atoms with E-state index in [0.29, 0.717) is 25.2 Å². The Morgan fingerprint density at radius 1 is 1.17 bits per heavy atom. The third kappa shape index (κ3) is 4.14. The topological polar surface area (TPSA) is 56.4 Å². The summed E-state index contributed by atoms with van der Waals surface area (Å²) in [6.45, 7) is 1.64. The van der Waals surface area contributed by atoms with Crippen LogP contribution in [0, 0.1) is 0 Å². The predicted octanol–water partition coefficient (Wildman–Crippen LogP) is 1.86. The Morgan fingerprint density at radius 3 is 2.30 bits per heavy atom. The lowest BCUT2D eigenvalue weighted by Crippen LogP contribution is -2.47. The van der Waals surface area contributed by atoms with E-state index in [4.69, 9.17) is 0 Å². The van der Waals surface area contributed by atoms with Crippen LogP contribution in [-0.4, -0.2) is 36.1 Å². The van der Waals surface area contributed by atoms with Gasteiger partial charge in [-0.3, -0.25) is 10.9 Å². The van der Waals surface area contributed by atoms with Gasteiger partial charge in [-0.05, 0) is 30.5 Å². The Kier molecular flexibility index (Phi) is 4.45. The van der Waals surface area contributed by atoms with Crippen LogP contribution in [0.2, 0.25) is 0 Å². The number of hydrogen-bond donors (Lipinski definition) is 3. The molecule has 0 atom stereocenters. The molecule has 1 aromatic carbocycles. The van der Waals surface area contributed by atoms with Gasteiger partial charge in [-0.1, -0.05) is 12.1 Å². The second kappa shape index (κ2) is 6.37. The average Bonchev–Trinajstić information content (AvgIpc) is 3.21. The minimum atomic E-state index is -4.34. The lowest BCUT2D eigenvalue weighted by Gasteiger charge is -2.25. The highest BCUT2D eigenvalue weighted by atomic mass is 19.4. The van der Waals surface area contributed by atoms with Crippen LogP contribution in [-0.2, 0) is 12.7 Å². The minimum absolute atomic E-state index is 0.0244. The fraction of sp³-hybridized carbons (Fsp3) is 0.533. The summed E-state index contributed by atoms with van der Waals surface area (Å²) in [5.41, 5.74) is 5.91. The summed E-state index contributed by atoms with van der Waals surface area (Å²) in [4.78, 5) is 14.1. The monoisotopic (exact) mass is 328 g/mol. The zero-order valence-corrected chi connectivity index (χ0v) is 12.5. The molecule has 1 saturated heterocycles. The van der Waals surface area contributed by atoms with Gasteiger partial charge in [0.05, 0.1) is 11.6 Å². The van der Waals surface area contributed by atoms with Crippen LogP contribution in [0.4, 0.5) is 18.0 Å². The van der Waals surface area contributed by atoms with Gasteiger partial charge in [0, 0.05) is 25.7 Å². The van der Waals surface area contributed by atoms with Crippen molar-refractivity contribution in [3.63, 3.8) is 0 Å². The number of nitrogens with zero attached hydrogens (tertiary/aromatic N) is 1. The lowest BCUT2D eigenvalue weighted by atomic mass is 10.1. The average molecular weight is 328 g/mol. The van der Waals surface area contributed by atoms with Crippen LogP contribution < -0.4 is 16.2 Å². The molecule has 1 heterocycles. The molecule has 0 aromatic heterocycles. The molecule has 126 valence electrons. The molecule has 1 saturated carbocycles. The van der Waals surface area contributed by atoms with Gasteiger partial charge in [0.25, 0.3) is 0 Å². The highest BCUT2D eigenvalue weighted by Crippen LogP contribution is 2.31. The van der Waals surface area contributed by atoms with Crippen molar-refractivity contribution in [1.29, 1.82) is 0 Å². The first-order valence-electron chi connectivity index (χ1n) is 7.62.